The van der Waals surface area contributed by atoms with Crippen LogP contribution in [0.2, 0.25) is 0 Å². The Labute approximate surface area is 180 Å². The second-order valence-electron chi connectivity index (χ2n) is 7.68. The van der Waals surface area contributed by atoms with E-state index in [1.807, 2.05) is 6.07 Å². The monoisotopic (exact) mass is 446 g/mol. The molecule has 1 fully saturated rings. The van der Waals surface area contributed by atoms with Gasteiger partial charge in [0, 0.05) is 45.6 Å². The van der Waals surface area contributed by atoms with Crippen LogP contribution in [0.25, 0.3) is 5.65 Å². The summed E-state index contributed by atoms with van der Waals surface area (Å²) in [5, 5.41) is 7.04. The van der Waals surface area contributed by atoms with E-state index in [1.165, 1.54) is 30.2 Å². The first-order valence-corrected chi connectivity index (χ1v) is 11.8. The summed E-state index contributed by atoms with van der Waals surface area (Å²) in [5.41, 5.74) is 0.625. The smallest absolute Gasteiger partial charge is 0.350 e. The number of hydrogen-bond donors (Lipinski definition) is 1. The SMILES string of the molecule is Cn1cc(S(=O)(=O)N2CCCCC2)cc1C(=O)NCCCn1nc2ccccn2c1=O. The van der Waals surface area contributed by atoms with Gasteiger partial charge in [0.25, 0.3) is 5.91 Å². The van der Waals surface area contributed by atoms with E-state index in [9.17, 15) is 18.0 Å². The fourth-order valence-corrected chi connectivity index (χ4v) is 5.38. The fraction of sp³-hybridized carbons (Fsp3) is 0.450. The van der Waals surface area contributed by atoms with Crippen LogP contribution in [0.5, 0.6) is 0 Å². The van der Waals surface area contributed by atoms with Crippen molar-refractivity contribution in [3.63, 3.8) is 0 Å². The van der Waals surface area contributed by atoms with Crippen LogP contribution in [0.1, 0.15) is 36.2 Å². The standard InChI is InChI=1S/C20H26N6O4S/c1-23-15-16(31(29,30)24-10-4-2-5-11-24)14-17(23)19(27)21-9-7-13-26-20(28)25-12-6-3-8-18(25)22-26/h3,6,8,12,14-15H,2,4-5,7,9-11,13H2,1H3,(H,21,27). The molecular formula is C20H26N6O4S. The van der Waals surface area contributed by atoms with E-state index in [0.29, 0.717) is 38.2 Å². The first-order valence-electron chi connectivity index (χ1n) is 10.4. The molecule has 3 aromatic rings. The molecule has 3 aromatic heterocycles. The number of nitrogens with zero attached hydrogens (tertiary/aromatic N) is 5. The number of pyridine rings is 1. The number of amides is 1. The number of hydrogen-bond acceptors (Lipinski definition) is 5. The molecule has 1 saturated heterocycles. The van der Waals surface area contributed by atoms with Crippen molar-refractivity contribution in [2.45, 2.75) is 37.1 Å². The van der Waals surface area contributed by atoms with E-state index in [0.717, 1.165) is 19.3 Å². The van der Waals surface area contributed by atoms with Gasteiger partial charge in [-0.3, -0.25) is 9.20 Å². The van der Waals surface area contributed by atoms with Crippen molar-refractivity contribution in [3.8, 4) is 0 Å². The molecule has 11 heteroatoms. The lowest BCUT2D eigenvalue weighted by Gasteiger charge is -2.25. The predicted octanol–water partition coefficient (Wildman–Crippen LogP) is 0.829. The Hall–Kier alpha value is -2.92. The molecule has 0 spiro atoms. The quantitative estimate of drug-likeness (QED) is 0.541. The molecule has 1 amide bonds. The Balaban J connectivity index is 1.36. The lowest BCUT2D eigenvalue weighted by molar-refractivity contribution is 0.0944. The molecule has 0 atom stereocenters. The summed E-state index contributed by atoms with van der Waals surface area (Å²) in [5.74, 6) is -0.357. The van der Waals surface area contributed by atoms with Crippen LogP contribution >= 0.6 is 0 Å². The number of rotatable bonds is 7. The van der Waals surface area contributed by atoms with E-state index in [4.69, 9.17) is 0 Å². The molecule has 1 N–H and O–H groups in total. The van der Waals surface area contributed by atoms with Gasteiger partial charge >= 0.3 is 5.69 Å². The summed E-state index contributed by atoms with van der Waals surface area (Å²) in [6, 6.07) is 6.75. The van der Waals surface area contributed by atoms with Gasteiger partial charge in [0.15, 0.2) is 5.65 Å². The zero-order chi connectivity index (χ0) is 22.0. The minimum absolute atomic E-state index is 0.137. The van der Waals surface area contributed by atoms with Crippen LogP contribution in [-0.2, 0) is 23.6 Å². The molecule has 10 nitrogen and oxygen atoms in total. The Morgan fingerprint density at radius 2 is 1.97 bits per heavy atom. The molecule has 0 saturated carbocycles. The van der Waals surface area contributed by atoms with E-state index >= 15 is 0 Å². The highest BCUT2D eigenvalue weighted by Crippen LogP contribution is 2.22. The maximum Gasteiger partial charge on any atom is 0.350 e. The molecule has 1 aliphatic rings. The van der Waals surface area contributed by atoms with E-state index in [-0.39, 0.29) is 22.2 Å². The highest BCUT2D eigenvalue weighted by atomic mass is 32.2. The number of aromatic nitrogens is 4. The largest absolute Gasteiger partial charge is 0.351 e. The van der Waals surface area contributed by atoms with Gasteiger partial charge in [0.2, 0.25) is 10.0 Å². The number of carbonyl (C=O) groups is 1. The highest BCUT2D eigenvalue weighted by Gasteiger charge is 2.28. The molecule has 0 aliphatic carbocycles. The first kappa shape index (κ1) is 21.3. The molecular weight excluding hydrogens is 420 g/mol. The average Bonchev–Trinajstić information content (AvgIpc) is 3.32. The van der Waals surface area contributed by atoms with Crippen molar-refractivity contribution in [3.05, 3.63) is 52.8 Å². The molecule has 4 heterocycles. The van der Waals surface area contributed by atoms with Crippen LogP contribution in [-0.4, -0.2) is 57.0 Å². The van der Waals surface area contributed by atoms with Gasteiger partial charge in [-0.15, -0.1) is 5.10 Å². The zero-order valence-electron chi connectivity index (χ0n) is 17.4. The van der Waals surface area contributed by atoms with Crippen LogP contribution in [0, 0.1) is 0 Å². The Morgan fingerprint density at radius 1 is 1.19 bits per heavy atom. The van der Waals surface area contributed by atoms with Crippen LogP contribution in [0.3, 0.4) is 0 Å². The first-order chi connectivity index (χ1) is 14.9. The average molecular weight is 447 g/mol. The van der Waals surface area contributed by atoms with Crippen molar-refractivity contribution in [2.75, 3.05) is 19.6 Å². The minimum Gasteiger partial charge on any atom is -0.351 e. The van der Waals surface area contributed by atoms with Gasteiger partial charge in [0.1, 0.15) is 10.6 Å². The predicted molar refractivity (Wildman–Crippen MR) is 114 cm³/mol. The summed E-state index contributed by atoms with van der Waals surface area (Å²) < 4.78 is 31.5. The van der Waals surface area contributed by atoms with Crippen LogP contribution in [0.4, 0.5) is 0 Å². The molecule has 1 aliphatic heterocycles. The second-order valence-corrected chi connectivity index (χ2v) is 9.62. The third kappa shape index (κ3) is 4.28. The van der Waals surface area contributed by atoms with E-state index in [2.05, 4.69) is 10.4 Å². The number of fused-ring (bicyclic) bond motifs is 1. The van der Waals surface area contributed by atoms with Crippen molar-refractivity contribution >= 4 is 21.6 Å². The van der Waals surface area contributed by atoms with Gasteiger partial charge < -0.3 is 9.88 Å². The lowest BCUT2D eigenvalue weighted by atomic mass is 10.2. The maximum atomic E-state index is 12.8. The summed E-state index contributed by atoms with van der Waals surface area (Å²) >= 11 is 0. The van der Waals surface area contributed by atoms with Gasteiger partial charge in [-0.1, -0.05) is 12.5 Å². The van der Waals surface area contributed by atoms with Gasteiger partial charge in [-0.05, 0) is 37.5 Å². The summed E-state index contributed by atoms with van der Waals surface area (Å²) in [6.07, 6.45) is 6.40. The maximum absolute atomic E-state index is 12.8. The third-order valence-electron chi connectivity index (χ3n) is 5.49. The van der Waals surface area contributed by atoms with Gasteiger partial charge in [-0.2, -0.15) is 4.31 Å². The molecule has 4 rings (SSSR count). The van der Waals surface area contributed by atoms with Crippen molar-refractivity contribution in [1.29, 1.82) is 0 Å². The lowest BCUT2D eigenvalue weighted by Crippen LogP contribution is -2.35. The number of nitrogens with one attached hydrogen (secondary N) is 1. The molecule has 0 unspecified atom stereocenters. The third-order valence-corrected chi connectivity index (χ3v) is 7.35. The normalized spacial score (nSPS) is 15.4. The van der Waals surface area contributed by atoms with Crippen molar-refractivity contribution < 1.29 is 13.2 Å². The molecule has 0 aromatic carbocycles. The van der Waals surface area contributed by atoms with Crippen molar-refractivity contribution in [1.82, 2.24) is 28.4 Å². The Morgan fingerprint density at radius 3 is 2.71 bits per heavy atom. The van der Waals surface area contributed by atoms with Crippen LogP contribution in [0.15, 0.2) is 46.3 Å². The molecule has 0 bridgehead atoms. The second kappa shape index (κ2) is 8.67. The molecule has 31 heavy (non-hydrogen) atoms. The van der Waals surface area contributed by atoms with E-state index in [1.54, 1.807) is 25.4 Å². The van der Waals surface area contributed by atoms with Gasteiger partial charge in [0.05, 0.1) is 0 Å². The number of sulfonamides is 1. The summed E-state index contributed by atoms with van der Waals surface area (Å²) in [4.78, 5) is 25.0. The Bertz CT molecular complexity index is 1250. The Kier molecular flexibility index (Phi) is 5.96. The van der Waals surface area contributed by atoms with Crippen molar-refractivity contribution in [2.24, 2.45) is 7.05 Å². The van der Waals surface area contributed by atoms with Crippen LogP contribution < -0.4 is 11.0 Å². The number of carbonyl (C=O) groups excluding carboxylic acids is 1. The summed E-state index contributed by atoms with van der Waals surface area (Å²) in [7, 11) is -1.94. The zero-order valence-corrected chi connectivity index (χ0v) is 18.2. The summed E-state index contributed by atoms with van der Waals surface area (Å²) in [6.45, 7) is 1.73. The fourth-order valence-electron chi connectivity index (χ4n) is 3.79. The topological polar surface area (TPSA) is 111 Å². The number of piperidine rings is 1. The number of aryl methyl sites for hydroxylation is 2. The van der Waals surface area contributed by atoms with E-state index < -0.39 is 10.0 Å². The highest BCUT2D eigenvalue weighted by molar-refractivity contribution is 7.89. The van der Waals surface area contributed by atoms with Gasteiger partial charge in [-0.25, -0.2) is 17.9 Å². The minimum atomic E-state index is -3.59. The molecule has 0 radical (unpaired) electrons. The molecule has 166 valence electrons.